The molecular formula is C24H31N3O3. The summed E-state index contributed by atoms with van der Waals surface area (Å²) in [6, 6.07) is 7.95. The molecule has 3 heterocycles. The van der Waals surface area contributed by atoms with Crippen molar-refractivity contribution in [1.29, 1.82) is 0 Å². The van der Waals surface area contributed by atoms with Gasteiger partial charge in [-0.15, -0.1) is 0 Å². The van der Waals surface area contributed by atoms with Gasteiger partial charge >= 0.3 is 0 Å². The minimum absolute atomic E-state index is 0.107. The van der Waals surface area contributed by atoms with Crippen molar-refractivity contribution in [1.82, 2.24) is 14.8 Å². The minimum atomic E-state index is -0.296. The quantitative estimate of drug-likeness (QED) is 0.825. The van der Waals surface area contributed by atoms with Gasteiger partial charge in [-0.2, -0.15) is 0 Å². The van der Waals surface area contributed by atoms with Crippen molar-refractivity contribution in [2.24, 2.45) is 5.41 Å². The predicted octanol–water partition coefficient (Wildman–Crippen LogP) is 3.02. The number of aromatic nitrogens is 1. The lowest BCUT2D eigenvalue weighted by Crippen LogP contribution is -2.49. The van der Waals surface area contributed by atoms with Gasteiger partial charge in [0.25, 0.3) is 0 Å². The first kappa shape index (κ1) is 20.7. The van der Waals surface area contributed by atoms with Gasteiger partial charge in [0.1, 0.15) is 5.75 Å². The fraction of sp³-hybridized carbons (Fsp3) is 0.500. The number of amides is 1. The summed E-state index contributed by atoms with van der Waals surface area (Å²) in [4.78, 5) is 33.4. The van der Waals surface area contributed by atoms with Crippen molar-refractivity contribution in [2.45, 2.75) is 46.2 Å². The maximum absolute atomic E-state index is 13.5. The maximum atomic E-state index is 13.5. The number of piperidine rings is 1. The third kappa shape index (κ3) is 3.88. The summed E-state index contributed by atoms with van der Waals surface area (Å²) in [7, 11) is 1.66. The highest BCUT2D eigenvalue weighted by Crippen LogP contribution is 2.41. The van der Waals surface area contributed by atoms with E-state index in [-0.39, 0.29) is 16.8 Å². The average molecular weight is 410 g/mol. The molecule has 2 aromatic rings. The topological polar surface area (TPSA) is 65.6 Å². The molecule has 0 saturated carbocycles. The van der Waals surface area contributed by atoms with Crippen molar-refractivity contribution in [2.75, 3.05) is 26.7 Å². The number of H-pyrrole nitrogens is 1. The van der Waals surface area contributed by atoms with Gasteiger partial charge in [-0.3, -0.25) is 14.5 Å². The standard InChI is InChI=1S/C24H31N3O3/c1-17-13-25-21(18(2)22(17)28)15-26-11-9-24(16-26)8-5-10-27(23(24)29)14-19-6-4-7-20(12-19)30-3/h4,6-7,12-13H,5,8-11,14-16H2,1-3H3,(H,25,28). The van der Waals surface area contributed by atoms with Crippen molar-refractivity contribution in [3.63, 3.8) is 0 Å². The number of benzene rings is 1. The summed E-state index contributed by atoms with van der Waals surface area (Å²) < 4.78 is 5.32. The number of aryl methyl sites for hydroxylation is 1. The molecule has 1 aromatic heterocycles. The number of pyridine rings is 1. The number of nitrogens with one attached hydrogen (secondary N) is 1. The lowest BCUT2D eigenvalue weighted by atomic mass is 9.78. The highest BCUT2D eigenvalue weighted by molar-refractivity contribution is 5.84. The van der Waals surface area contributed by atoms with Crippen LogP contribution in [0.5, 0.6) is 5.75 Å². The number of methoxy groups -OCH3 is 1. The summed E-state index contributed by atoms with van der Waals surface area (Å²) in [5, 5.41) is 0. The average Bonchev–Trinajstić information content (AvgIpc) is 3.15. The molecule has 1 N–H and O–H groups in total. The Bertz CT molecular complexity index is 999. The van der Waals surface area contributed by atoms with Crippen LogP contribution in [0.3, 0.4) is 0 Å². The Labute approximate surface area is 177 Å². The van der Waals surface area contributed by atoms with Crippen LogP contribution in [0.15, 0.2) is 35.3 Å². The summed E-state index contributed by atoms with van der Waals surface area (Å²) in [5.74, 6) is 1.09. The van der Waals surface area contributed by atoms with Gasteiger partial charge in [-0.1, -0.05) is 12.1 Å². The smallest absolute Gasteiger partial charge is 0.230 e. The van der Waals surface area contributed by atoms with Crippen molar-refractivity contribution >= 4 is 5.91 Å². The molecule has 2 saturated heterocycles. The Morgan fingerprint density at radius 3 is 2.77 bits per heavy atom. The second kappa shape index (κ2) is 8.26. The fourth-order valence-electron chi connectivity index (χ4n) is 4.96. The summed E-state index contributed by atoms with van der Waals surface area (Å²) in [6.45, 7) is 7.48. The normalized spacial score (nSPS) is 22.1. The van der Waals surface area contributed by atoms with E-state index in [0.717, 1.165) is 67.0 Å². The monoisotopic (exact) mass is 409 g/mol. The number of hydrogen-bond donors (Lipinski definition) is 1. The zero-order chi connectivity index (χ0) is 21.3. The van der Waals surface area contributed by atoms with Crippen LogP contribution in [0, 0.1) is 19.3 Å². The van der Waals surface area contributed by atoms with Gasteiger partial charge in [0, 0.05) is 49.2 Å². The van der Waals surface area contributed by atoms with Crippen LogP contribution in [0.25, 0.3) is 0 Å². The van der Waals surface area contributed by atoms with E-state index >= 15 is 0 Å². The number of hydrogen-bond acceptors (Lipinski definition) is 4. The molecule has 6 nitrogen and oxygen atoms in total. The number of nitrogens with zero attached hydrogens (tertiary/aromatic N) is 2. The van der Waals surface area contributed by atoms with Crippen LogP contribution in [-0.4, -0.2) is 47.4 Å². The molecule has 2 aliphatic rings. The van der Waals surface area contributed by atoms with Gasteiger partial charge < -0.3 is 14.6 Å². The largest absolute Gasteiger partial charge is 0.497 e. The molecule has 2 aliphatic heterocycles. The van der Waals surface area contributed by atoms with Crippen molar-refractivity contribution in [3.8, 4) is 5.75 Å². The first-order chi connectivity index (χ1) is 14.4. The van der Waals surface area contributed by atoms with E-state index in [1.54, 1.807) is 13.3 Å². The summed E-state index contributed by atoms with van der Waals surface area (Å²) in [6.07, 6.45) is 4.65. The molecule has 1 spiro atoms. The number of carbonyl (C=O) groups excluding carboxylic acids is 1. The molecule has 0 radical (unpaired) electrons. The molecule has 0 bridgehead atoms. The fourth-order valence-corrected chi connectivity index (χ4v) is 4.96. The Morgan fingerprint density at radius 1 is 1.13 bits per heavy atom. The molecule has 30 heavy (non-hydrogen) atoms. The van der Waals surface area contributed by atoms with E-state index in [2.05, 4.69) is 16.0 Å². The molecule has 160 valence electrons. The zero-order valence-corrected chi connectivity index (χ0v) is 18.2. The Morgan fingerprint density at radius 2 is 1.97 bits per heavy atom. The molecule has 1 aromatic carbocycles. The van der Waals surface area contributed by atoms with E-state index in [9.17, 15) is 9.59 Å². The number of rotatable bonds is 5. The molecule has 1 unspecified atom stereocenters. The SMILES string of the molecule is COc1cccc(CN2CCCC3(CCN(Cc4[nH]cc(C)c(=O)c4C)C3)C2=O)c1. The molecule has 1 amide bonds. The van der Waals surface area contributed by atoms with E-state index in [4.69, 9.17) is 4.74 Å². The van der Waals surface area contributed by atoms with E-state index < -0.39 is 0 Å². The Hall–Kier alpha value is -2.60. The zero-order valence-electron chi connectivity index (χ0n) is 18.2. The highest BCUT2D eigenvalue weighted by atomic mass is 16.5. The van der Waals surface area contributed by atoms with Gasteiger partial charge in [0.05, 0.1) is 12.5 Å². The molecule has 4 rings (SSSR count). The van der Waals surface area contributed by atoms with Gasteiger partial charge in [-0.25, -0.2) is 0 Å². The van der Waals surface area contributed by atoms with E-state index in [1.807, 2.05) is 36.9 Å². The van der Waals surface area contributed by atoms with Gasteiger partial charge in [0.15, 0.2) is 5.43 Å². The maximum Gasteiger partial charge on any atom is 0.230 e. The first-order valence-corrected chi connectivity index (χ1v) is 10.7. The van der Waals surface area contributed by atoms with Crippen LogP contribution < -0.4 is 10.2 Å². The number of carbonyl (C=O) groups is 1. The van der Waals surface area contributed by atoms with Crippen LogP contribution in [0.4, 0.5) is 0 Å². The third-order valence-corrected chi connectivity index (χ3v) is 6.76. The highest BCUT2D eigenvalue weighted by Gasteiger charge is 2.48. The number of likely N-dealkylation sites (tertiary alicyclic amines) is 2. The van der Waals surface area contributed by atoms with Crippen molar-refractivity contribution in [3.05, 3.63) is 63.1 Å². The van der Waals surface area contributed by atoms with Gasteiger partial charge in [-0.05, 0) is 57.4 Å². The van der Waals surface area contributed by atoms with Crippen LogP contribution >= 0.6 is 0 Å². The van der Waals surface area contributed by atoms with Crippen LogP contribution in [-0.2, 0) is 17.9 Å². The number of aromatic amines is 1. The molecule has 1 atom stereocenters. The van der Waals surface area contributed by atoms with E-state index in [1.165, 1.54) is 0 Å². The second-order valence-corrected chi connectivity index (χ2v) is 8.83. The van der Waals surface area contributed by atoms with Gasteiger partial charge in [0.2, 0.25) is 5.91 Å². The molecule has 6 heteroatoms. The third-order valence-electron chi connectivity index (χ3n) is 6.76. The Balaban J connectivity index is 1.46. The van der Waals surface area contributed by atoms with Crippen LogP contribution in [0.1, 0.15) is 41.6 Å². The summed E-state index contributed by atoms with van der Waals surface area (Å²) in [5.41, 5.74) is 3.39. The minimum Gasteiger partial charge on any atom is -0.497 e. The Kier molecular flexibility index (Phi) is 5.69. The van der Waals surface area contributed by atoms with E-state index in [0.29, 0.717) is 13.1 Å². The van der Waals surface area contributed by atoms with Crippen LogP contribution in [0.2, 0.25) is 0 Å². The lowest BCUT2D eigenvalue weighted by molar-refractivity contribution is -0.146. The molecule has 2 fully saturated rings. The summed E-state index contributed by atoms with van der Waals surface area (Å²) >= 11 is 0. The molecular weight excluding hydrogens is 378 g/mol. The lowest BCUT2D eigenvalue weighted by Gasteiger charge is -2.39. The first-order valence-electron chi connectivity index (χ1n) is 10.7. The van der Waals surface area contributed by atoms with Crippen molar-refractivity contribution < 1.29 is 9.53 Å². The second-order valence-electron chi connectivity index (χ2n) is 8.83. The number of ether oxygens (including phenoxy) is 1. The predicted molar refractivity (Wildman–Crippen MR) is 117 cm³/mol. The molecule has 0 aliphatic carbocycles.